The van der Waals surface area contributed by atoms with Gasteiger partial charge in [0.05, 0.1) is 5.56 Å². The highest BCUT2D eigenvalue weighted by molar-refractivity contribution is 5.43. The smallest absolute Gasteiger partial charge is 0.257 e. The normalized spacial score (nSPS) is 15.3. The van der Waals surface area contributed by atoms with Gasteiger partial charge >= 0.3 is 0 Å². The van der Waals surface area contributed by atoms with Crippen molar-refractivity contribution in [3.05, 3.63) is 15.9 Å². The third-order valence-electron chi connectivity index (χ3n) is 2.47. The van der Waals surface area contributed by atoms with Crippen LogP contribution in [0.3, 0.4) is 0 Å². The average Bonchev–Trinajstić information content (AvgIpc) is 2.95. The summed E-state index contributed by atoms with van der Waals surface area (Å²) < 4.78 is 0. The summed E-state index contributed by atoms with van der Waals surface area (Å²) in [7, 11) is 0. The van der Waals surface area contributed by atoms with Crippen LogP contribution in [0, 0.1) is 0 Å². The van der Waals surface area contributed by atoms with Gasteiger partial charge in [-0.3, -0.25) is 9.78 Å². The Labute approximate surface area is 88.1 Å². The molecule has 0 atom stereocenters. The van der Waals surface area contributed by atoms with Crippen LogP contribution in [0.2, 0.25) is 0 Å². The zero-order chi connectivity index (χ0) is 10.8. The number of nitrogens with one attached hydrogen (secondary N) is 2. The topological polar surface area (TPSA) is 83.8 Å². The first-order chi connectivity index (χ1) is 7.20. The van der Waals surface area contributed by atoms with Gasteiger partial charge in [0.15, 0.2) is 0 Å². The Morgan fingerprint density at radius 1 is 1.60 bits per heavy atom. The molecule has 1 saturated carbocycles. The summed E-state index contributed by atoms with van der Waals surface area (Å²) in [5, 5.41) is 3.12. The van der Waals surface area contributed by atoms with Crippen LogP contribution in [0.15, 0.2) is 4.79 Å². The second-order valence-electron chi connectivity index (χ2n) is 3.95. The molecule has 5 nitrogen and oxygen atoms in total. The Balaban J connectivity index is 2.24. The molecule has 0 saturated heterocycles. The van der Waals surface area contributed by atoms with E-state index in [0.29, 0.717) is 29.8 Å². The van der Waals surface area contributed by atoms with Crippen molar-refractivity contribution in [3.63, 3.8) is 0 Å². The summed E-state index contributed by atoms with van der Waals surface area (Å²) in [6.07, 6.45) is 3.85. The number of H-pyrrole nitrogens is 1. The monoisotopic (exact) mass is 208 g/mol. The summed E-state index contributed by atoms with van der Waals surface area (Å²) in [4.78, 5) is 18.5. The molecule has 1 fully saturated rings. The maximum atomic E-state index is 11.6. The van der Waals surface area contributed by atoms with E-state index >= 15 is 0 Å². The molecule has 5 heteroatoms. The van der Waals surface area contributed by atoms with Gasteiger partial charge in [-0.2, -0.15) is 4.98 Å². The highest BCUT2D eigenvalue weighted by atomic mass is 16.1. The van der Waals surface area contributed by atoms with E-state index in [1.54, 1.807) is 0 Å². The van der Waals surface area contributed by atoms with Crippen molar-refractivity contribution >= 4 is 11.8 Å². The Bertz CT molecular complexity index is 408. The van der Waals surface area contributed by atoms with Crippen molar-refractivity contribution in [2.24, 2.45) is 0 Å². The van der Waals surface area contributed by atoms with Gasteiger partial charge in [0.1, 0.15) is 5.82 Å². The van der Waals surface area contributed by atoms with E-state index in [0.717, 1.165) is 19.3 Å². The molecule has 1 heterocycles. The summed E-state index contributed by atoms with van der Waals surface area (Å²) in [6, 6.07) is 0.463. The van der Waals surface area contributed by atoms with E-state index in [4.69, 9.17) is 5.73 Å². The molecule has 15 heavy (non-hydrogen) atoms. The molecule has 1 aromatic rings. The van der Waals surface area contributed by atoms with E-state index in [-0.39, 0.29) is 5.56 Å². The Hall–Kier alpha value is -1.52. The van der Waals surface area contributed by atoms with Crippen molar-refractivity contribution < 1.29 is 0 Å². The van der Waals surface area contributed by atoms with E-state index in [1.807, 2.05) is 6.92 Å². The number of nitrogens with zero attached hydrogens (tertiary/aromatic N) is 1. The van der Waals surface area contributed by atoms with Crippen molar-refractivity contribution in [3.8, 4) is 0 Å². The molecule has 2 rings (SSSR count). The highest BCUT2D eigenvalue weighted by Gasteiger charge is 2.22. The second-order valence-corrected chi connectivity index (χ2v) is 3.95. The first-order valence-corrected chi connectivity index (χ1v) is 5.36. The molecule has 0 amide bonds. The lowest BCUT2D eigenvalue weighted by atomic mass is 10.2. The molecule has 0 aliphatic heterocycles. The molecule has 0 aromatic carbocycles. The van der Waals surface area contributed by atoms with Crippen LogP contribution in [0.25, 0.3) is 0 Å². The molecule has 4 N–H and O–H groups in total. The van der Waals surface area contributed by atoms with Gasteiger partial charge in [0.2, 0.25) is 5.95 Å². The van der Waals surface area contributed by atoms with Crippen LogP contribution >= 0.6 is 0 Å². The van der Waals surface area contributed by atoms with Gasteiger partial charge in [-0.15, -0.1) is 0 Å². The Morgan fingerprint density at radius 2 is 2.33 bits per heavy atom. The van der Waals surface area contributed by atoms with E-state index < -0.39 is 0 Å². The minimum absolute atomic E-state index is 0.118. The first kappa shape index (κ1) is 10.0. The number of aromatic amines is 1. The maximum Gasteiger partial charge on any atom is 0.257 e. The molecule has 0 unspecified atom stereocenters. The highest BCUT2D eigenvalue weighted by Crippen LogP contribution is 2.22. The fourth-order valence-corrected chi connectivity index (χ4v) is 1.50. The minimum atomic E-state index is -0.118. The third-order valence-corrected chi connectivity index (χ3v) is 2.47. The number of nitrogens with two attached hydrogens (primary N) is 1. The lowest BCUT2D eigenvalue weighted by Crippen LogP contribution is -2.20. The molecule has 1 aliphatic rings. The summed E-state index contributed by atoms with van der Waals surface area (Å²) in [5.74, 6) is 0.851. The average molecular weight is 208 g/mol. The molecular weight excluding hydrogens is 192 g/mol. The van der Waals surface area contributed by atoms with Crippen LogP contribution in [0.1, 0.15) is 31.7 Å². The summed E-state index contributed by atoms with van der Waals surface area (Å²) in [6.45, 7) is 2.01. The molecule has 1 aromatic heterocycles. The number of hydrogen-bond donors (Lipinski definition) is 3. The number of hydrogen-bond acceptors (Lipinski definition) is 4. The largest absolute Gasteiger partial charge is 0.383 e. The second kappa shape index (κ2) is 3.92. The van der Waals surface area contributed by atoms with Crippen LogP contribution in [-0.2, 0) is 6.42 Å². The molecular formula is C10H16N4O. The maximum absolute atomic E-state index is 11.6. The Morgan fingerprint density at radius 3 is 2.87 bits per heavy atom. The molecule has 0 spiro atoms. The number of nitrogen functional groups attached to an aromatic ring is 1. The van der Waals surface area contributed by atoms with Crippen LogP contribution in [0.5, 0.6) is 0 Å². The molecule has 82 valence electrons. The van der Waals surface area contributed by atoms with E-state index in [2.05, 4.69) is 15.3 Å². The molecule has 0 bridgehead atoms. The fraction of sp³-hybridized carbons (Fsp3) is 0.600. The van der Waals surface area contributed by atoms with Gasteiger partial charge in [-0.05, 0) is 19.3 Å². The van der Waals surface area contributed by atoms with E-state index in [1.165, 1.54) is 0 Å². The van der Waals surface area contributed by atoms with Crippen molar-refractivity contribution in [1.82, 2.24) is 9.97 Å². The van der Waals surface area contributed by atoms with Gasteiger partial charge < -0.3 is 11.1 Å². The lowest BCUT2D eigenvalue weighted by Gasteiger charge is -2.06. The number of aromatic nitrogens is 2. The lowest BCUT2D eigenvalue weighted by molar-refractivity contribution is 0.887. The standard InChI is InChI=1S/C10H16N4O/c1-2-3-7-8(11)13-10(14-9(7)15)12-6-4-5-6/h6H,2-5H2,1H3,(H4,11,12,13,14,15). The predicted octanol–water partition coefficient (Wildman–Crippen LogP) is 0.879. The van der Waals surface area contributed by atoms with Crippen LogP contribution in [-0.4, -0.2) is 16.0 Å². The molecule has 1 aliphatic carbocycles. The fourth-order valence-electron chi connectivity index (χ4n) is 1.50. The van der Waals surface area contributed by atoms with Gasteiger partial charge in [-0.25, -0.2) is 0 Å². The van der Waals surface area contributed by atoms with Crippen LogP contribution in [0.4, 0.5) is 11.8 Å². The summed E-state index contributed by atoms with van der Waals surface area (Å²) >= 11 is 0. The predicted molar refractivity (Wildman–Crippen MR) is 59.9 cm³/mol. The van der Waals surface area contributed by atoms with Gasteiger partial charge in [0.25, 0.3) is 5.56 Å². The van der Waals surface area contributed by atoms with Gasteiger partial charge in [-0.1, -0.05) is 13.3 Å². The third kappa shape index (κ3) is 2.29. The number of rotatable bonds is 4. The Kier molecular flexibility index (Phi) is 2.62. The minimum Gasteiger partial charge on any atom is -0.383 e. The summed E-state index contributed by atoms with van der Waals surface area (Å²) in [5.41, 5.74) is 6.21. The zero-order valence-corrected chi connectivity index (χ0v) is 8.84. The van der Waals surface area contributed by atoms with Crippen molar-refractivity contribution in [1.29, 1.82) is 0 Å². The first-order valence-electron chi connectivity index (χ1n) is 5.36. The number of anilines is 2. The zero-order valence-electron chi connectivity index (χ0n) is 8.84. The molecule has 0 radical (unpaired) electrons. The van der Waals surface area contributed by atoms with Crippen molar-refractivity contribution in [2.45, 2.75) is 38.6 Å². The van der Waals surface area contributed by atoms with E-state index in [9.17, 15) is 4.79 Å². The van der Waals surface area contributed by atoms with Crippen molar-refractivity contribution in [2.75, 3.05) is 11.1 Å². The quantitative estimate of drug-likeness (QED) is 0.685. The SMILES string of the molecule is CCCc1c(N)nc(NC2CC2)[nH]c1=O. The van der Waals surface area contributed by atoms with Crippen LogP contribution < -0.4 is 16.6 Å². The van der Waals surface area contributed by atoms with Gasteiger partial charge in [0, 0.05) is 6.04 Å².